The average molecular weight is 347 g/mol. The molecule has 0 aliphatic carbocycles. The minimum atomic E-state index is -4.86. The largest absolute Gasteiger partial charge is 0.332 e. The molecule has 1 heterocycles. The number of anilines is 1. The summed E-state index contributed by atoms with van der Waals surface area (Å²) >= 11 is 0. The smallest absolute Gasteiger partial charge is 0.268 e. The first kappa shape index (κ1) is 16.4. The van der Waals surface area contributed by atoms with Gasteiger partial charge in [-0.15, -0.1) is 3.89 Å². The van der Waals surface area contributed by atoms with Gasteiger partial charge in [0.05, 0.1) is 9.79 Å². The van der Waals surface area contributed by atoms with E-state index < -0.39 is 25.1 Å². The van der Waals surface area contributed by atoms with Crippen molar-refractivity contribution in [2.75, 3.05) is 4.72 Å². The molecule has 0 spiro atoms. The fourth-order valence-electron chi connectivity index (χ4n) is 1.66. The number of benzene rings is 1. The Morgan fingerprint density at radius 2 is 1.59 bits per heavy atom. The summed E-state index contributed by atoms with van der Waals surface area (Å²) in [6.07, 6.45) is 1.63. The monoisotopic (exact) mass is 347 g/mol. The van der Waals surface area contributed by atoms with Crippen LogP contribution in [0.15, 0.2) is 46.3 Å². The van der Waals surface area contributed by atoms with Gasteiger partial charge in [0, 0.05) is 18.3 Å². The van der Waals surface area contributed by atoms with Gasteiger partial charge in [-0.25, -0.2) is 8.42 Å². The van der Waals surface area contributed by atoms with E-state index in [1.807, 2.05) is 13.8 Å². The average Bonchev–Trinajstić information content (AvgIpc) is 2.86. The molecular weight excluding hydrogens is 333 g/mol. The molecule has 2 aromatic rings. The van der Waals surface area contributed by atoms with E-state index in [1.54, 1.807) is 10.9 Å². The molecule has 0 aliphatic heterocycles. The highest BCUT2D eigenvalue weighted by Crippen LogP contribution is 2.19. The van der Waals surface area contributed by atoms with E-state index in [0.717, 1.165) is 24.3 Å². The van der Waals surface area contributed by atoms with Crippen LogP contribution in [0.2, 0.25) is 0 Å². The summed E-state index contributed by atoms with van der Waals surface area (Å²) in [5.41, 5.74) is 0. The van der Waals surface area contributed by atoms with Crippen molar-refractivity contribution in [1.29, 1.82) is 0 Å². The lowest BCUT2D eigenvalue weighted by Gasteiger charge is -2.07. The number of rotatable bonds is 5. The van der Waals surface area contributed by atoms with E-state index in [1.165, 1.54) is 6.07 Å². The van der Waals surface area contributed by atoms with Crippen LogP contribution in [0.5, 0.6) is 0 Å². The third-order valence-electron chi connectivity index (χ3n) is 2.79. The number of aromatic nitrogens is 2. The number of nitrogens with one attached hydrogen (secondary N) is 1. The molecule has 120 valence electrons. The first-order valence-corrected chi connectivity index (χ1v) is 9.09. The van der Waals surface area contributed by atoms with Crippen molar-refractivity contribution in [2.45, 2.75) is 29.7 Å². The quantitative estimate of drug-likeness (QED) is 0.833. The van der Waals surface area contributed by atoms with E-state index >= 15 is 0 Å². The number of hydrogen-bond acceptors (Lipinski definition) is 5. The zero-order chi connectivity index (χ0) is 16.5. The van der Waals surface area contributed by atoms with Gasteiger partial charge in [0.25, 0.3) is 10.0 Å². The van der Waals surface area contributed by atoms with E-state index in [-0.39, 0.29) is 16.8 Å². The standard InChI is InChI=1S/C12H14FN3O4S2/c1-9(2)16-8-7-12(14-16)15-22(19,20)11-5-3-10(4-6-11)21(13,17)18/h3-9H,1-2H3,(H,14,15). The van der Waals surface area contributed by atoms with Crippen LogP contribution in [0.1, 0.15) is 19.9 Å². The lowest BCUT2D eigenvalue weighted by Crippen LogP contribution is -2.14. The highest BCUT2D eigenvalue weighted by Gasteiger charge is 2.18. The second-order valence-electron chi connectivity index (χ2n) is 4.79. The van der Waals surface area contributed by atoms with Gasteiger partial charge >= 0.3 is 10.2 Å². The molecule has 0 aliphatic rings. The van der Waals surface area contributed by atoms with Gasteiger partial charge in [0.15, 0.2) is 5.82 Å². The maximum atomic E-state index is 12.8. The van der Waals surface area contributed by atoms with Gasteiger partial charge in [-0.1, -0.05) is 0 Å². The van der Waals surface area contributed by atoms with Gasteiger partial charge in [0.2, 0.25) is 0 Å². The number of hydrogen-bond donors (Lipinski definition) is 1. The van der Waals surface area contributed by atoms with Crippen LogP contribution in [-0.2, 0) is 20.2 Å². The minimum Gasteiger partial charge on any atom is -0.268 e. The van der Waals surface area contributed by atoms with Gasteiger partial charge in [-0.3, -0.25) is 9.40 Å². The van der Waals surface area contributed by atoms with Crippen LogP contribution in [0.25, 0.3) is 0 Å². The summed E-state index contributed by atoms with van der Waals surface area (Å²) < 4.78 is 62.3. The van der Waals surface area contributed by atoms with Crippen LogP contribution in [-0.4, -0.2) is 26.6 Å². The fourth-order valence-corrected chi connectivity index (χ4v) is 3.12. The molecule has 0 saturated heterocycles. The molecule has 0 atom stereocenters. The number of halogens is 1. The summed E-state index contributed by atoms with van der Waals surface area (Å²) in [6.45, 7) is 3.78. The lowest BCUT2D eigenvalue weighted by molar-refractivity contribution is 0.534. The third kappa shape index (κ3) is 3.63. The molecule has 0 fully saturated rings. The molecule has 0 saturated carbocycles. The Kier molecular flexibility index (Phi) is 4.25. The van der Waals surface area contributed by atoms with E-state index in [0.29, 0.717) is 0 Å². The minimum absolute atomic E-state index is 0.0762. The summed E-state index contributed by atoms with van der Waals surface area (Å²) in [7, 11) is -8.79. The Morgan fingerprint density at radius 3 is 2.05 bits per heavy atom. The normalized spacial score (nSPS) is 12.5. The van der Waals surface area contributed by atoms with E-state index in [4.69, 9.17) is 0 Å². The summed E-state index contributed by atoms with van der Waals surface area (Å²) in [6, 6.07) is 5.36. The number of sulfonamides is 1. The maximum absolute atomic E-state index is 12.8. The fraction of sp³-hybridized carbons (Fsp3) is 0.250. The molecule has 1 aromatic carbocycles. The Labute approximate surface area is 128 Å². The van der Waals surface area contributed by atoms with Crippen molar-refractivity contribution < 1.29 is 20.7 Å². The van der Waals surface area contributed by atoms with E-state index in [2.05, 4.69) is 9.82 Å². The molecule has 0 radical (unpaired) electrons. The Balaban J connectivity index is 2.26. The zero-order valence-electron chi connectivity index (χ0n) is 11.8. The second-order valence-corrected chi connectivity index (χ2v) is 7.82. The van der Waals surface area contributed by atoms with Gasteiger partial charge < -0.3 is 0 Å². The predicted octanol–water partition coefficient (Wildman–Crippen LogP) is 1.92. The highest BCUT2D eigenvalue weighted by atomic mass is 32.3. The Morgan fingerprint density at radius 1 is 1.05 bits per heavy atom. The van der Waals surface area contributed by atoms with Crippen molar-refractivity contribution in [3.8, 4) is 0 Å². The van der Waals surface area contributed by atoms with Crippen molar-refractivity contribution in [1.82, 2.24) is 9.78 Å². The van der Waals surface area contributed by atoms with Crippen LogP contribution < -0.4 is 4.72 Å². The van der Waals surface area contributed by atoms with Crippen LogP contribution >= 0.6 is 0 Å². The van der Waals surface area contributed by atoms with Crippen LogP contribution in [0.3, 0.4) is 0 Å². The van der Waals surface area contributed by atoms with Crippen LogP contribution in [0.4, 0.5) is 9.70 Å². The molecule has 2 rings (SSSR count). The second kappa shape index (κ2) is 5.69. The molecule has 1 aromatic heterocycles. The molecule has 0 amide bonds. The zero-order valence-corrected chi connectivity index (χ0v) is 13.4. The number of nitrogens with zero attached hydrogens (tertiary/aromatic N) is 2. The first-order valence-electron chi connectivity index (χ1n) is 6.22. The third-order valence-corrected chi connectivity index (χ3v) is 5.00. The molecule has 7 nitrogen and oxygen atoms in total. The SMILES string of the molecule is CC(C)n1ccc(NS(=O)(=O)c2ccc(S(=O)(=O)F)cc2)n1. The molecule has 10 heteroatoms. The van der Waals surface area contributed by atoms with Gasteiger partial charge in [-0.05, 0) is 38.1 Å². The van der Waals surface area contributed by atoms with Crippen molar-refractivity contribution in [3.05, 3.63) is 36.5 Å². The summed E-state index contributed by atoms with van der Waals surface area (Å²) in [4.78, 5) is -0.797. The molecule has 1 N–H and O–H groups in total. The molecular formula is C12H14FN3O4S2. The molecule has 0 unspecified atom stereocenters. The summed E-state index contributed by atoms with van der Waals surface area (Å²) in [5, 5.41) is 4.05. The summed E-state index contributed by atoms with van der Waals surface area (Å²) in [5.74, 6) is 0.135. The van der Waals surface area contributed by atoms with Gasteiger partial charge in [0.1, 0.15) is 0 Å². The van der Waals surface area contributed by atoms with Crippen molar-refractivity contribution in [2.24, 2.45) is 0 Å². The molecule has 22 heavy (non-hydrogen) atoms. The van der Waals surface area contributed by atoms with E-state index in [9.17, 15) is 20.7 Å². The van der Waals surface area contributed by atoms with Gasteiger partial charge in [-0.2, -0.15) is 13.5 Å². The Hall–Kier alpha value is -1.94. The van der Waals surface area contributed by atoms with Crippen LogP contribution in [0, 0.1) is 0 Å². The maximum Gasteiger partial charge on any atom is 0.332 e. The molecule has 0 bridgehead atoms. The topological polar surface area (TPSA) is 98.1 Å². The first-order chi connectivity index (χ1) is 10.1. The van der Waals surface area contributed by atoms with Crippen molar-refractivity contribution in [3.63, 3.8) is 0 Å². The predicted molar refractivity (Wildman–Crippen MR) is 78.2 cm³/mol. The lowest BCUT2D eigenvalue weighted by atomic mass is 10.4. The van der Waals surface area contributed by atoms with Crippen molar-refractivity contribution >= 4 is 26.1 Å². The highest BCUT2D eigenvalue weighted by molar-refractivity contribution is 7.92. The Bertz CT molecular complexity index is 871.